The summed E-state index contributed by atoms with van der Waals surface area (Å²) in [5, 5.41) is 18.1. The highest BCUT2D eigenvalue weighted by molar-refractivity contribution is 7.89. The Hall–Kier alpha value is -2.53. The second-order valence-electron chi connectivity index (χ2n) is 4.16. The van der Waals surface area contributed by atoms with Crippen molar-refractivity contribution in [1.29, 1.82) is 0 Å². The predicted octanol–water partition coefficient (Wildman–Crippen LogP) is -0.216. The fourth-order valence-electron chi connectivity index (χ4n) is 1.56. The van der Waals surface area contributed by atoms with E-state index < -0.39 is 20.6 Å². The molecule has 0 amide bonds. The van der Waals surface area contributed by atoms with Crippen LogP contribution in [0.3, 0.4) is 0 Å². The van der Waals surface area contributed by atoms with Gasteiger partial charge in [-0.15, -0.1) is 10.2 Å². The molecule has 11 heteroatoms. The highest BCUT2D eigenvalue weighted by Gasteiger charge is 2.20. The maximum atomic E-state index is 12.1. The number of hydrogen-bond acceptors (Lipinski definition) is 7. The smallest absolute Gasteiger partial charge is 0.293 e. The number of hydrogen-bond donors (Lipinski definition) is 2. The Labute approximate surface area is 119 Å². The van der Waals surface area contributed by atoms with Gasteiger partial charge in [0.05, 0.1) is 16.4 Å². The summed E-state index contributed by atoms with van der Waals surface area (Å²) in [5.74, 6) is 0.406. The summed E-state index contributed by atoms with van der Waals surface area (Å²) in [6.45, 7) is -0.0863. The Morgan fingerprint density at radius 1 is 1.48 bits per heavy atom. The number of nitrogens with two attached hydrogens (primary N) is 1. The number of anilines is 1. The van der Waals surface area contributed by atoms with Crippen LogP contribution >= 0.6 is 0 Å². The van der Waals surface area contributed by atoms with Crippen LogP contribution in [0.4, 0.5) is 11.4 Å². The van der Waals surface area contributed by atoms with Crippen molar-refractivity contribution in [1.82, 2.24) is 19.5 Å². The molecule has 0 spiro atoms. The molecule has 0 unspecified atom stereocenters. The molecular weight excluding hydrogens is 300 g/mol. The minimum Gasteiger partial charge on any atom is -0.393 e. The van der Waals surface area contributed by atoms with Gasteiger partial charge in [-0.3, -0.25) is 10.1 Å². The fraction of sp³-hybridized carbons (Fsp3) is 0.200. The molecule has 1 aromatic carbocycles. The lowest BCUT2D eigenvalue weighted by Gasteiger charge is -2.07. The van der Waals surface area contributed by atoms with Crippen LogP contribution in [0, 0.1) is 10.1 Å². The number of nitro groups is 1. The molecular formula is C10H12N6O4S. The third kappa shape index (κ3) is 3.14. The molecule has 0 bridgehead atoms. The monoisotopic (exact) mass is 312 g/mol. The van der Waals surface area contributed by atoms with Gasteiger partial charge in [0.15, 0.2) is 0 Å². The van der Waals surface area contributed by atoms with Crippen molar-refractivity contribution in [2.45, 2.75) is 11.4 Å². The lowest BCUT2D eigenvalue weighted by atomic mass is 10.3. The molecule has 0 aliphatic carbocycles. The minimum atomic E-state index is -3.92. The Kier molecular flexibility index (Phi) is 3.86. The van der Waals surface area contributed by atoms with E-state index in [4.69, 9.17) is 5.73 Å². The summed E-state index contributed by atoms with van der Waals surface area (Å²) >= 11 is 0. The molecule has 10 nitrogen and oxygen atoms in total. The van der Waals surface area contributed by atoms with Crippen molar-refractivity contribution >= 4 is 21.4 Å². The van der Waals surface area contributed by atoms with Crippen LogP contribution in [0.25, 0.3) is 0 Å². The fourth-order valence-corrected chi connectivity index (χ4v) is 2.56. The number of nitrogen functional groups attached to an aromatic ring is 1. The van der Waals surface area contributed by atoms with Gasteiger partial charge in [0.2, 0.25) is 10.0 Å². The van der Waals surface area contributed by atoms with Gasteiger partial charge in [0.1, 0.15) is 17.8 Å². The predicted molar refractivity (Wildman–Crippen MR) is 72.5 cm³/mol. The Bertz CT molecular complexity index is 785. The molecule has 1 heterocycles. The van der Waals surface area contributed by atoms with Crippen LogP contribution in [-0.4, -0.2) is 28.1 Å². The topological polar surface area (TPSA) is 146 Å². The van der Waals surface area contributed by atoms with E-state index >= 15 is 0 Å². The molecule has 0 fully saturated rings. The van der Waals surface area contributed by atoms with Crippen molar-refractivity contribution in [2.24, 2.45) is 7.05 Å². The summed E-state index contributed by atoms with van der Waals surface area (Å²) in [5.41, 5.74) is 4.86. The van der Waals surface area contributed by atoms with E-state index in [9.17, 15) is 18.5 Å². The summed E-state index contributed by atoms with van der Waals surface area (Å²) in [7, 11) is -2.25. The SMILES string of the molecule is Cn1cnnc1CNS(=O)(=O)c1ccc(N)c([N+](=O)[O-])c1. The second-order valence-corrected chi connectivity index (χ2v) is 5.93. The van der Waals surface area contributed by atoms with E-state index in [1.54, 1.807) is 11.6 Å². The third-order valence-corrected chi connectivity index (χ3v) is 4.13. The summed E-state index contributed by atoms with van der Waals surface area (Å²) in [4.78, 5) is 9.80. The van der Waals surface area contributed by atoms with E-state index in [0.717, 1.165) is 6.07 Å². The molecule has 0 radical (unpaired) electrons. The first-order valence-electron chi connectivity index (χ1n) is 5.67. The number of benzene rings is 1. The number of nitrogens with zero attached hydrogens (tertiary/aromatic N) is 4. The zero-order valence-corrected chi connectivity index (χ0v) is 11.7. The molecule has 2 rings (SSSR count). The summed E-state index contributed by atoms with van der Waals surface area (Å²) < 4.78 is 28.0. The highest BCUT2D eigenvalue weighted by atomic mass is 32.2. The second kappa shape index (κ2) is 5.46. The van der Waals surface area contributed by atoms with E-state index in [-0.39, 0.29) is 17.1 Å². The number of sulfonamides is 1. The molecule has 3 N–H and O–H groups in total. The zero-order chi connectivity index (χ0) is 15.6. The molecule has 0 atom stereocenters. The molecule has 112 valence electrons. The third-order valence-electron chi connectivity index (χ3n) is 2.73. The first-order chi connectivity index (χ1) is 9.81. The van der Waals surface area contributed by atoms with E-state index in [1.807, 2.05) is 0 Å². The van der Waals surface area contributed by atoms with Crippen LogP contribution in [0.1, 0.15) is 5.82 Å². The van der Waals surface area contributed by atoms with Crippen molar-refractivity contribution in [3.05, 3.63) is 40.5 Å². The average Bonchev–Trinajstić information content (AvgIpc) is 2.82. The van der Waals surface area contributed by atoms with Crippen molar-refractivity contribution in [3.8, 4) is 0 Å². The normalized spacial score (nSPS) is 11.5. The summed E-state index contributed by atoms with van der Waals surface area (Å²) in [6, 6.07) is 3.28. The van der Waals surface area contributed by atoms with Gasteiger partial charge in [-0.2, -0.15) is 0 Å². The van der Waals surface area contributed by atoms with E-state index in [1.165, 1.54) is 18.5 Å². The van der Waals surface area contributed by atoms with Gasteiger partial charge in [-0.1, -0.05) is 0 Å². The van der Waals surface area contributed by atoms with Crippen LogP contribution < -0.4 is 10.5 Å². The number of aromatic nitrogens is 3. The first-order valence-corrected chi connectivity index (χ1v) is 7.16. The van der Waals surface area contributed by atoms with Crippen molar-refractivity contribution < 1.29 is 13.3 Å². The van der Waals surface area contributed by atoms with Gasteiger partial charge in [0, 0.05) is 13.1 Å². The molecule has 0 saturated carbocycles. The highest BCUT2D eigenvalue weighted by Crippen LogP contribution is 2.24. The Morgan fingerprint density at radius 2 is 2.19 bits per heavy atom. The van der Waals surface area contributed by atoms with Gasteiger partial charge in [-0.25, -0.2) is 13.1 Å². The lowest BCUT2D eigenvalue weighted by Crippen LogP contribution is -2.24. The largest absolute Gasteiger partial charge is 0.393 e. The minimum absolute atomic E-state index is 0.0863. The Balaban J connectivity index is 2.26. The van der Waals surface area contributed by atoms with Crippen LogP contribution in [0.5, 0.6) is 0 Å². The Morgan fingerprint density at radius 3 is 2.76 bits per heavy atom. The molecule has 0 aliphatic rings. The van der Waals surface area contributed by atoms with Gasteiger partial charge < -0.3 is 10.3 Å². The average molecular weight is 312 g/mol. The number of nitro benzene ring substituents is 1. The molecule has 0 aliphatic heterocycles. The van der Waals surface area contributed by atoms with Crippen LogP contribution in [0.15, 0.2) is 29.4 Å². The van der Waals surface area contributed by atoms with Crippen molar-refractivity contribution in [3.63, 3.8) is 0 Å². The van der Waals surface area contributed by atoms with E-state index in [0.29, 0.717) is 5.82 Å². The first kappa shape index (κ1) is 14.9. The number of aryl methyl sites for hydroxylation is 1. The molecule has 0 saturated heterocycles. The summed E-state index contributed by atoms with van der Waals surface area (Å²) in [6.07, 6.45) is 1.43. The number of rotatable bonds is 5. The lowest BCUT2D eigenvalue weighted by molar-refractivity contribution is -0.384. The van der Waals surface area contributed by atoms with Gasteiger partial charge in [0.25, 0.3) is 5.69 Å². The maximum absolute atomic E-state index is 12.1. The number of nitrogens with one attached hydrogen (secondary N) is 1. The zero-order valence-electron chi connectivity index (χ0n) is 10.9. The van der Waals surface area contributed by atoms with Gasteiger partial charge >= 0.3 is 0 Å². The molecule has 1 aromatic heterocycles. The quantitative estimate of drug-likeness (QED) is 0.441. The van der Waals surface area contributed by atoms with Crippen LogP contribution in [0.2, 0.25) is 0 Å². The van der Waals surface area contributed by atoms with Crippen LogP contribution in [-0.2, 0) is 23.6 Å². The molecule has 21 heavy (non-hydrogen) atoms. The molecule has 2 aromatic rings. The van der Waals surface area contributed by atoms with Gasteiger partial charge in [-0.05, 0) is 12.1 Å². The maximum Gasteiger partial charge on any atom is 0.293 e. The standard InChI is InChI=1S/C10H12N6O4S/c1-15-6-12-14-10(15)5-13-21(19,20)7-2-3-8(11)9(4-7)16(17)18/h2-4,6,13H,5,11H2,1H3. The van der Waals surface area contributed by atoms with Crippen molar-refractivity contribution in [2.75, 3.05) is 5.73 Å². The van der Waals surface area contributed by atoms with E-state index in [2.05, 4.69) is 14.9 Å².